The van der Waals surface area contributed by atoms with E-state index in [4.69, 9.17) is 6.42 Å². The first kappa shape index (κ1) is 19.1. The highest BCUT2D eigenvalue weighted by Crippen LogP contribution is 2.43. The number of hydrogen-bond acceptors (Lipinski definition) is 2. The highest BCUT2D eigenvalue weighted by atomic mass is 16.3. The number of terminal acetylenes is 1. The Balaban J connectivity index is 2.98. The van der Waals surface area contributed by atoms with Crippen molar-refractivity contribution in [2.24, 2.45) is 0 Å². The van der Waals surface area contributed by atoms with Gasteiger partial charge in [-0.1, -0.05) is 77.8 Å². The number of aliphatic hydroxyl groups is 1. The second kappa shape index (κ2) is 6.58. The van der Waals surface area contributed by atoms with Crippen molar-refractivity contribution in [3.05, 3.63) is 53.1 Å². The maximum Gasteiger partial charge on any atom is 0.140 e. The van der Waals surface area contributed by atoms with E-state index in [9.17, 15) is 10.2 Å². The molecule has 0 aliphatic heterocycles. The Labute approximate surface area is 151 Å². The zero-order valence-electron chi connectivity index (χ0n) is 16.0. The lowest BCUT2D eigenvalue weighted by molar-refractivity contribution is 0.238. The van der Waals surface area contributed by atoms with Crippen LogP contribution in [0.3, 0.4) is 0 Å². The summed E-state index contributed by atoms with van der Waals surface area (Å²) in [6.07, 6.45) is 4.52. The second-order valence-corrected chi connectivity index (χ2v) is 8.57. The van der Waals surface area contributed by atoms with Gasteiger partial charge in [-0.15, -0.1) is 6.42 Å². The maximum atomic E-state index is 10.5. The fourth-order valence-electron chi connectivity index (χ4n) is 2.98. The van der Waals surface area contributed by atoms with Crippen LogP contribution in [0.15, 0.2) is 36.4 Å². The Morgan fingerprint density at radius 3 is 2.04 bits per heavy atom. The lowest BCUT2D eigenvalue weighted by Gasteiger charge is -2.30. The predicted molar refractivity (Wildman–Crippen MR) is 105 cm³/mol. The summed E-state index contributed by atoms with van der Waals surface area (Å²) in [5, 5.41) is 21.0. The molecule has 0 saturated heterocycles. The Kier molecular flexibility index (Phi) is 5.02. The molecule has 2 nitrogen and oxygen atoms in total. The first-order valence-electron chi connectivity index (χ1n) is 8.58. The minimum absolute atomic E-state index is 0.0830. The number of phenolic OH excluding ortho intramolecular Hbond substituents is 1. The van der Waals surface area contributed by atoms with Gasteiger partial charge in [-0.3, -0.25) is 0 Å². The molecule has 25 heavy (non-hydrogen) atoms. The summed E-state index contributed by atoms with van der Waals surface area (Å²) >= 11 is 0. The first-order chi connectivity index (χ1) is 11.5. The summed E-state index contributed by atoms with van der Waals surface area (Å²) in [5.74, 6) is 2.62. The maximum absolute atomic E-state index is 10.5. The molecule has 1 unspecified atom stereocenters. The topological polar surface area (TPSA) is 40.5 Å². The SMILES string of the molecule is C#CC(O)c1cc(C(C)(C)C)cc(C(C)(C)C)c1-c1ccccc1O. The number of rotatable bonds is 2. The van der Waals surface area contributed by atoms with Gasteiger partial charge in [0, 0.05) is 11.1 Å². The van der Waals surface area contributed by atoms with Crippen molar-refractivity contribution in [2.45, 2.75) is 58.5 Å². The van der Waals surface area contributed by atoms with E-state index in [0.29, 0.717) is 11.1 Å². The van der Waals surface area contributed by atoms with E-state index < -0.39 is 6.10 Å². The third-order valence-corrected chi connectivity index (χ3v) is 4.47. The molecule has 0 saturated carbocycles. The molecule has 132 valence electrons. The van der Waals surface area contributed by atoms with Crippen molar-refractivity contribution in [3.8, 4) is 29.2 Å². The van der Waals surface area contributed by atoms with E-state index in [1.54, 1.807) is 12.1 Å². The summed E-state index contributed by atoms with van der Waals surface area (Å²) in [4.78, 5) is 0. The minimum atomic E-state index is -1.03. The zero-order valence-corrected chi connectivity index (χ0v) is 16.0. The van der Waals surface area contributed by atoms with Gasteiger partial charge < -0.3 is 10.2 Å². The van der Waals surface area contributed by atoms with Gasteiger partial charge in [0.1, 0.15) is 11.9 Å². The van der Waals surface area contributed by atoms with Crippen LogP contribution in [0.25, 0.3) is 11.1 Å². The normalized spacial score (nSPS) is 13.4. The average molecular weight is 336 g/mol. The molecule has 0 fully saturated rings. The van der Waals surface area contributed by atoms with E-state index in [-0.39, 0.29) is 16.6 Å². The monoisotopic (exact) mass is 336 g/mol. The Hall–Kier alpha value is -2.24. The average Bonchev–Trinajstić information content (AvgIpc) is 2.51. The summed E-state index contributed by atoms with van der Waals surface area (Å²) in [6, 6.07) is 11.3. The van der Waals surface area contributed by atoms with E-state index >= 15 is 0 Å². The van der Waals surface area contributed by atoms with Crippen LogP contribution in [0.4, 0.5) is 0 Å². The smallest absolute Gasteiger partial charge is 0.140 e. The molecule has 0 bridgehead atoms. The standard InChI is InChI=1S/C23H28O2/c1-8-19(24)17-13-15(22(2,3)4)14-18(23(5,6)7)21(17)16-11-9-10-12-20(16)25/h1,9-14,19,24-25H,2-7H3. The highest BCUT2D eigenvalue weighted by Gasteiger charge is 2.28. The van der Waals surface area contributed by atoms with Gasteiger partial charge in [-0.25, -0.2) is 0 Å². The molecular formula is C23H28O2. The molecule has 2 aromatic rings. The third-order valence-electron chi connectivity index (χ3n) is 4.47. The van der Waals surface area contributed by atoms with Crippen molar-refractivity contribution in [2.75, 3.05) is 0 Å². The number of aliphatic hydroxyl groups excluding tert-OH is 1. The third kappa shape index (κ3) is 3.89. The molecule has 0 heterocycles. The molecule has 2 rings (SSSR count). The van der Waals surface area contributed by atoms with Crippen LogP contribution < -0.4 is 0 Å². The van der Waals surface area contributed by atoms with Gasteiger partial charge in [0.15, 0.2) is 0 Å². The number of benzene rings is 2. The van der Waals surface area contributed by atoms with Crippen LogP contribution in [0, 0.1) is 12.3 Å². The van der Waals surface area contributed by atoms with E-state index in [1.165, 1.54) is 0 Å². The molecule has 2 N–H and O–H groups in total. The lowest BCUT2D eigenvalue weighted by Crippen LogP contribution is -2.19. The molecule has 1 atom stereocenters. The second-order valence-electron chi connectivity index (χ2n) is 8.57. The van der Waals surface area contributed by atoms with Crippen molar-refractivity contribution >= 4 is 0 Å². The molecule has 2 heteroatoms. The van der Waals surface area contributed by atoms with Crippen molar-refractivity contribution in [1.29, 1.82) is 0 Å². The molecule has 0 amide bonds. The van der Waals surface area contributed by atoms with Gasteiger partial charge in [0.2, 0.25) is 0 Å². The fraction of sp³-hybridized carbons (Fsp3) is 0.391. The Bertz CT molecular complexity index is 811. The van der Waals surface area contributed by atoms with Crippen LogP contribution >= 0.6 is 0 Å². The number of phenols is 1. The molecule has 0 aliphatic carbocycles. The van der Waals surface area contributed by atoms with Crippen molar-refractivity contribution < 1.29 is 10.2 Å². The van der Waals surface area contributed by atoms with E-state index in [1.807, 2.05) is 18.2 Å². The number of para-hydroxylation sites is 1. The summed E-state index contributed by atoms with van der Waals surface area (Å²) < 4.78 is 0. The Morgan fingerprint density at radius 1 is 0.960 bits per heavy atom. The van der Waals surface area contributed by atoms with Gasteiger partial charge in [-0.05, 0) is 33.6 Å². The molecule has 2 aromatic carbocycles. The van der Waals surface area contributed by atoms with Gasteiger partial charge in [0.25, 0.3) is 0 Å². The summed E-state index contributed by atoms with van der Waals surface area (Å²) in [6.45, 7) is 12.8. The zero-order chi connectivity index (χ0) is 19.0. The largest absolute Gasteiger partial charge is 0.507 e. The minimum Gasteiger partial charge on any atom is -0.507 e. The van der Waals surface area contributed by atoms with Gasteiger partial charge in [0.05, 0.1) is 0 Å². The Morgan fingerprint density at radius 2 is 1.56 bits per heavy atom. The van der Waals surface area contributed by atoms with Crippen LogP contribution in [-0.2, 0) is 10.8 Å². The number of hydrogen-bond donors (Lipinski definition) is 2. The lowest BCUT2D eigenvalue weighted by atomic mass is 9.74. The summed E-state index contributed by atoms with van der Waals surface area (Å²) in [7, 11) is 0. The molecular weight excluding hydrogens is 308 g/mol. The molecule has 0 radical (unpaired) electrons. The highest BCUT2D eigenvalue weighted by molar-refractivity contribution is 5.78. The van der Waals surface area contributed by atoms with Gasteiger partial charge >= 0.3 is 0 Å². The van der Waals surface area contributed by atoms with Crippen molar-refractivity contribution in [1.82, 2.24) is 0 Å². The molecule has 0 aromatic heterocycles. The van der Waals surface area contributed by atoms with Crippen LogP contribution in [0.1, 0.15) is 64.3 Å². The van der Waals surface area contributed by atoms with Crippen molar-refractivity contribution in [3.63, 3.8) is 0 Å². The first-order valence-corrected chi connectivity index (χ1v) is 8.58. The molecule has 0 aliphatic rings. The number of aromatic hydroxyl groups is 1. The quantitative estimate of drug-likeness (QED) is 0.729. The summed E-state index contributed by atoms with van der Waals surface area (Å²) in [5.41, 5.74) is 4.09. The van der Waals surface area contributed by atoms with Crippen LogP contribution in [0.2, 0.25) is 0 Å². The predicted octanol–water partition coefficient (Wildman–Crippen LogP) is 5.32. The van der Waals surface area contributed by atoms with Crippen LogP contribution in [-0.4, -0.2) is 10.2 Å². The fourth-order valence-corrected chi connectivity index (χ4v) is 2.98. The molecule has 0 spiro atoms. The van der Waals surface area contributed by atoms with Gasteiger partial charge in [-0.2, -0.15) is 0 Å². The van der Waals surface area contributed by atoms with Crippen LogP contribution in [0.5, 0.6) is 5.75 Å². The van der Waals surface area contributed by atoms with E-state index in [0.717, 1.165) is 16.7 Å². The van der Waals surface area contributed by atoms with E-state index in [2.05, 4.69) is 53.5 Å².